The van der Waals surface area contributed by atoms with E-state index in [9.17, 15) is 0 Å². The maximum absolute atomic E-state index is 4.50. The molecule has 0 saturated carbocycles. The lowest BCUT2D eigenvalue weighted by Gasteiger charge is -2.10. The maximum Gasteiger partial charge on any atom is 0.0813 e. The number of para-hydroxylation sites is 1. The van der Waals surface area contributed by atoms with Crippen LogP contribution in [0.3, 0.4) is 0 Å². The number of fused-ring (bicyclic) bond motifs is 11. The standard InChI is InChI=1S/C29H16N2S2/c1-2-8-19-18(7-1)26-20-9-3-5-11-23(20)31(17-13-14-22-25(15-17)32-16-30-22)28(26)29-27(19)21-10-4-6-12-24(21)33-29/h1-16H. The SMILES string of the molecule is c1ccc2c(c1)sc1c2c2ccccc2c2c3ccccc3n(-c3ccc4ncsc4c3)c12. The molecular formula is C29H16N2S2. The van der Waals surface area contributed by atoms with Gasteiger partial charge in [-0.1, -0.05) is 60.7 Å². The number of thiazole rings is 1. The van der Waals surface area contributed by atoms with Gasteiger partial charge in [-0.05, 0) is 41.1 Å². The van der Waals surface area contributed by atoms with Gasteiger partial charge in [0.15, 0.2) is 0 Å². The van der Waals surface area contributed by atoms with Crippen molar-refractivity contribution < 1.29 is 0 Å². The zero-order valence-electron chi connectivity index (χ0n) is 17.4. The molecule has 0 spiro atoms. The molecule has 0 aliphatic carbocycles. The smallest absolute Gasteiger partial charge is 0.0813 e. The molecule has 0 saturated heterocycles. The van der Waals surface area contributed by atoms with Crippen molar-refractivity contribution in [3.05, 3.63) is 96.5 Å². The van der Waals surface area contributed by atoms with Crippen LogP contribution in [-0.2, 0) is 0 Å². The van der Waals surface area contributed by atoms with Crippen LogP contribution in [0.15, 0.2) is 96.5 Å². The van der Waals surface area contributed by atoms with Crippen molar-refractivity contribution in [3.8, 4) is 5.69 Å². The predicted octanol–water partition coefficient (Wildman–Crippen LogP) is 8.91. The Morgan fingerprint density at radius 3 is 2.24 bits per heavy atom. The minimum atomic E-state index is 1.06. The van der Waals surface area contributed by atoms with Gasteiger partial charge in [-0.25, -0.2) is 4.98 Å². The third kappa shape index (κ3) is 2.29. The quantitative estimate of drug-likeness (QED) is 0.241. The largest absolute Gasteiger partial charge is 0.308 e. The summed E-state index contributed by atoms with van der Waals surface area (Å²) in [6.45, 7) is 0. The monoisotopic (exact) mass is 456 g/mol. The molecule has 0 atom stereocenters. The van der Waals surface area contributed by atoms with Crippen molar-refractivity contribution in [2.24, 2.45) is 0 Å². The molecule has 0 unspecified atom stereocenters. The normalized spacial score (nSPS) is 12.2. The molecule has 3 aromatic heterocycles. The zero-order valence-corrected chi connectivity index (χ0v) is 19.1. The van der Waals surface area contributed by atoms with Crippen LogP contribution in [0.5, 0.6) is 0 Å². The Kier molecular flexibility index (Phi) is 3.45. The Labute approximate surface area is 196 Å². The second-order valence-corrected chi connectivity index (χ2v) is 10.4. The lowest BCUT2D eigenvalue weighted by molar-refractivity contribution is 1.19. The molecule has 0 aliphatic rings. The molecule has 8 aromatic rings. The molecule has 154 valence electrons. The topological polar surface area (TPSA) is 17.8 Å². The Bertz CT molecular complexity index is 2040. The molecule has 0 bridgehead atoms. The van der Waals surface area contributed by atoms with Crippen molar-refractivity contribution in [2.45, 2.75) is 0 Å². The molecule has 5 aromatic carbocycles. The third-order valence-electron chi connectivity index (χ3n) is 6.72. The number of thiophene rings is 1. The van der Waals surface area contributed by atoms with Crippen molar-refractivity contribution in [1.29, 1.82) is 0 Å². The summed E-state index contributed by atoms with van der Waals surface area (Å²) >= 11 is 3.60. The van der Waals surface area contributed by atoms with Crippen molar-refractivity contribution in [2.75, 3.05) is 0 Å². The summed E-state index contributed by atoms with van der Waals surface area (Å²) in [4.78, 5) is 4.50. The molecule has 0 amide bonds. The number of benzene rings is 5. The minimum absolute atomic E-state index is 1.06. The number of hydrogen-bond donors (Lipinski definition) is 0. The molecule has 2 nitrogen and oxygen atoms in total. The first-order chi connectivity index (χ1) is 16.4. The molecule has 0 radical (unpaired) electrons. The van der Waals surface area contributed by atoms with E-state index >= 15 is 0 Å². The van der Waals surface area contributed by atoms with E-state index in [4.69, 9.17) is 0 Å². The Morgan fingerprint density at radius 1 is 0.636 bits per heavy atom. The average molecular weight is 457 g/mol. The van der Waals surface area contributed by atoms with Crippen LogP contribution in [0.1, 0.15) is 0 Å². The highest BCUT2D eigenvalue weighted by atomic mass is 32.1. The number of aromatic nitrogens is 2. The van der Waals surface area contributed by atoms with Crippen molar-refractivity contribution >= 4 is 85.6 Å². The molecule has 0 N–H and O–H groups in total. The highest BCUT2D eigenvalue weighted by Crippen LogP contribution is 2.47. The van der Waals surface area contributed by atoms with Gasteiger partial charge in [0.1, 0.15) is 0 Å². The lowest BCUT2D eigenvalue weighted by Crippen LogP contribution is -1.93. The highest BCUT2D eigenvalue weighted by Gasteiger charge is 2.21. The van der Waals surface area contributed by atoms with Gasteiger partial charge in [0.05, 0.1) is 31.5 Å². The number of nitrogens with zero attached hydrogens (tertiary/aromatic N) is 2. The fraction of sp³-hybridized carbons (Fsp3) is 0. The van der Waals surface area contributed by atoms with Gasteiger partial charge in [0.2, 0.25) is 0 Å². The van der Waals surface area contributed by atoms with E-state index in [1.54, 1.807) is 11.3 Å². The molecule has 3 heterocycles. The van der Waals surface area contributed by atoms with E-state index in [1.165, 1.54) is 63.1 Å². The predicted molar refractivity (Wildman–Crippen MR) is 144 cm³/mol. The minimum Gasteiger partial charge on any atom is -0.308 e. The summed E-state index contributed by atoms with van der Waals surface area (Å²) in [6, 6.07) is 33.2. The fourth-order valence-electron chi connectivity index (χ4n) is 5.38. The summed E-state index contributed by atoms with van der Waals surface area (Å²) in [7, 11) is 0. The van der Waals surface area contributed by atoms with Crippen LogP contribution in [0, 0.1) is 0 Å². The van der Waals surface area contributed by atoms with E-state index in [0.29, 0.717) is 0 Å². The van der Waals surface area contributed by atoms with E-state index in [0.717, 1.165) is 5.52 Å². The summed E-state index contributed by atoms with van der Waals surface area (Å²) in [5, 5.41) is 7.99. The first-order valence-electron chi connectivity index (χ1n) is 11.0. The first kappa shape index (κ1) is 17.8. The summed E-state index contributed by atoms with van der Waals surface area (Å²) < 4.78 is 6.37. The van der Waals surface area contributed by atoms with Gasteiger partial charge in [-0.3, -0.25) is 0 Å². The van der Waals surface area contributed by atoms with Gasteiger partial charge in [0.25, 0.3) is 0 Å². The molecule has 4 heteroatoms. The van der Waals surface area contributed by atoms with Crippen LogP contribution < -0.4 is 0 Å². The summed E-state index contributed by atoms with van der Waals surface area (Å²) in [5.41, 5.74) is 6.72. The van der Waals surface area contributed by atoms with Crippen LogP contribution in [0.4, 0.5) is 0 Å². The third-order valence-corrected chi connectivity index (χ3v) is 8.69. The van der Waals surface area contributed by atoms with Crippen molar-refractivity contribution in [1.82, 2.24) is 9.55 Å². The molecule has 0 fully saturated rings. The second-order valence-electron chi connectivity index (χ2n) is 8.43. The van der Waals surface area contributed by atoms with Gasteiger partial charge in [0, 0.05) is 31.9 Å². The van der Waals surface area contributed by atoms with Gasteiger partial charge in [-0.2, -0.15) is 0 Å². The summed E-state index contributed by atoms with van der Waals surface area (Å²) in [6.07, 6.45) is 0. The first-order valence-corrected chi connectivity index (χ1v) is 12.7. The maximum atomic E-state index is 4.50. The van der Waals surface area contributed by atoms with Gasteiger partial charge < -0.3 is 4.57 Å². The fourth-order valence-corrected chi connectivity index (χ4v) is 7.35. The average Bonchev–Trinajstić information content (AvgIpc) is 3.57. The van der Waals surface area contributed by atoms with E-state index in [-0.39, 0.29) is 0 Å². The molecular weight excluding hydrogens is 440 g/mol. The molecule has 33 heavy (non-hydrogen) atoms. The molecule has 0 aliphatic heterocycles. The Balaban J connectivity index is 1.71. The molecule has 8 rings (SSSR count). The number of hydrogen-bond acceptors (Lipinski definition) is 3. The van der Waals surface area contributed by atoms with Gasteiger partial charge >= 0.3 is 0 Å². The lowest BCUT2D eigenvalue weighted by atomic mass is 9.99. The van der Waals surface area contributed by atoms with E-state index in [2.05, 4.69) is 101 Å². The van der Waals surface area contributed by atoms with Crippen LogP contribution in [0.25, 0.3) is 68.7 Å². The highest BCUT2D eigenvalue weighted by molar-refractivity contribution is 7.27. The summed E-state index contributed by atoms with van der Waals surface area (Å²) in [5.74, 6) is 0. The van der Waals surface area contributed by atoms with Crippen LogP contribution in [0.2, 0.25) is 0 Å². The Hall–Kier alpha value is -3.73. The van der Waals surface area contributed by atoms with Crippen molar-refractivity contribution in [3.63, 3.8) is 0 Å². The van der Waals surface area contributed by atoms with Crippen LogP contribution in [-0.4, -0.2) is 9.55 Å². The Morgan fingerprint density at radius 2 is 1.36 bits per heavy atom. The van der Waals surface area contributed by atoms with E-state index < -0.39 is 0 Å². The van der Waals surface area contributed by atoms with Crippen LogP contribution >= 0.6 is 22.7 Å². The second kappa shape index (κ2) is 6.41. The van der Waals surface area contributed by atoms with Gasteiger partial charge in [-0.15, -0.1) is 22.7 Å². The zero-order chi connectivity index (χ0) is 21.5. The number of rotatable bonds is 1. The van der Waals surface area contributed by atoms with E-state index in [1.807, 2.05) is 16.8 Å².